The molecule has 0 aliphatic carbocycles. The number of pyridine rings is 1. The molecule has 0 radical (unpaired) electrons. The van der Waals surface area contributed by atoms with E-state index in [0.29, 0.717) is 12.8 Å². The molecule has 4 heteroatoms. The smallest absolute Gasteiger partial charge is 0.323 e. The summed E-state index contributed by atoms with van der Waals surface area (Å²) in [7, 11) is 0. The molecule has 4 nitrogen and oxygen atoms in total. The minimum absolute atomic E-state index is 0.610. The second-order valence-electron chi connectivity index (χ2n) is 4.24. The average molecular weight is 220 g/mol. The van der Waals surface area contributed by atoms with E-state index in [9.17, 15) is 9.90 Å². The van der Waals surface area contributed by atoms with E-state index in [2.05, 4.69) is 10.3 Å². The number of hydrogen-bond donors (Lipinski definition) is 2. The summed E-state index contributed by atoms with van der Waals surface area (Å²) < 4.78 is 0. The predicted octanol–water partition coefficient (Wildman–Crippen LogP) is 1.22. The van der Waals surface area contributed by atoms with Crippen molar-refractivity contribution in [3.8, 4) is 0 Å². The van der Waals surface area contributed by atoms with Crippen LogP contribution in [-0.2, 0) is 11.2 Å². The third-order valence-electron chi connectivity index (χ3n) is 3.19. The molecular weight excluding hydrogens is 204 g/mol. The van der Waals surface area contributed by atoms with Crippen LogP contribution in [0.1, 0.15) is 25.0 Å². The Morgan fingerprint density at radius 2 is 2.44 bits per heavy atom. The van der Waals surface area contributed by atoms with Gasteiger partial charge in [0.15, 0.2) is 0 Å². The molecule has 1 saturated heterocycles. The first-order valence-electron chi connectivity index (χ1n) is 5.61. The van der Waals surface area contributed by atoms with Crippen LogP contribution in [0.4, 0.5) is 0 Å². The lowest BCUT2D eigenvalue weighted by Gasteiger charge is -2.24. The first kappa shape index (κ1) is 11.1. The Bertz CT molecular complexity index is 359. The van der Waals surface area contributed by atoms with Gasteiger partial charge in [-0.25, -0.2) is 0 Å². The van der Waals surface area contributed by atoms with Gasteiger partial charge in [-0.2, -0.15) is 0 Å². The van der Waals surface area contributed by atoms with Crippen molar-refractivity contribution in [1.29, 1.82) is 0 Å². The molecule has 1 aliphatic heterocycles. The van der Waals surface area contributed by atoms with E-state index in [-0.39, 0.29) is 0 Å². The van der Waals surface area contributed by atoms with E-state index in [1.165, 1.54) is 0 Å². The van der Waals surface area contributed by atoms with Gasteiger partial charge in [0, 0.05) is 11.9 Å². The lowest BCUT2D eigenvalue weighted by Crippen LogP contribution is -2.47. The molecule has 1 fully saturated rings. The Morgan fingerprint density at radius 3 is 3.00 bits per heavy atom. The van der Waals surface area contributed by atoms with Gasteiger partial charge in [-0.05, 0) is 44.4 Å². The van der Waals surface area contributed by atoms with Crippen LogP contribution in [0.15, 0.2) is 24.4 Å². The summed E-state index contributed by atoms with van der Waals surface area (Å²) in [6.45, 7) is 0.800. The number of rotatable bonds is 4. The van der Waals surface area contributed by atoms with E-state index in [1.54, 1.807) is 6.20 Å². The molecular formula is C12H16N2O2. The highest BCUT2D eigenvalue weighted by molar-refractivity contribution is 5.79. The Labute approximate surface area is 94.7 Å². The number of nitrogens with one attached hydrogen (secondary N) is 1. The molecule has 0 saturated carbocycles. The minimum atomic E-state index is -0.735. The molecule has 16 heavy (non-hydrogen) atoms. The quantitative estimate of drug-likeness (QED) is 0.801. The maximum atomic E-state index is 11.3. The minimum Gasteiger partial charge on any atom is -0.480 e. The van der Waals surface area contributed by atoms with Gasteiger partial charge in [-0.3, -0.25) is 9.78 Å². The van der Waals surface area contributed by atoms with E-state index >= 15 is 0 Å². The molecule has 2 N–H and O–H groups in total. The molecule has 1 unspecified atom stereocenters. The number of carbonyl (C=O) groups is 1. The van der Waals surface area contributed by atoms with Gasteiger partial charge in [0.2, 0.25) is 0 Å². The molecule has 0 amide bonds. The monoisotopic (exact) mass is 220 g/mol. The van der Waals surface area contributed by atoms with Crippen LogP contribution in [0, 0.1) is 0 Å². The van der Waals surface area contributed by atoms with Crippen LogP contribution < -0.4 is 5.32 Å². The normalized spacial score (nSPS) is 24.5. The van der Waals surface area contributed by atoms with E-state index in [0.717, 1.165) is 25.1 Å². The van der Waals surface area contributed by atoms with Crippen molar-refractivity contribution in [2.75, 3.05) is 6.54 Å². The number of aryl methyl sites for hydroxylation is 1. The summed E-state index contributed by atoms with van der Waals surface area (Å²) in [5.41, 5.74) is 0.231. The summed E-state index contributed by atoms with van der Waals surface area (Å²) in [5.74, 6) is -0.735. The molecule has 2 heterocycles. The molecule has 86 valence electrons. The van der Waals surface area contributed by atoms with Crippen LogP contribution in [0.25, 0.3) is 0 Å². The second-order valence-corrected chi connectivity index (χ2v) is 4.24. The highest BCUT2D eigenvalue weighted by atomic mass is 16.4. The van der Waals surface area contributed by atoms with Gasteiger partial charge in [0.25, 0.3) is 0 Å². The summed E-state index contributed by atoms with van der Waals surface area (Å²) in [6.07, 6.45) is 4.72. The summed E-state index contributed by atoms with van der Waals surface area (Å²) in [4.78, 5) is 15.5. The molecule has 1 aromatic rings. The predicted molar refractivity (Wildman–Crippen MR) is 60.2 cm³/mol. The molecule has 1 aromatic heterocycles. The average Bonchev–Trinajstić information content (AvgIpc) is 2.78. The lowest BCUT2D eigenvalue weighted by molar-refractivity contribution is -0.144. The molecule has 0 spiro atoms. The Balaban J connectivity index is 2.00. The number of aromatic nitrogens is 1. The van der Waals surface area contributed by atoms with Crippen LogP contribution in [0.3, 0.4) is 0 Å². The van der Waals surface area contributed by atoms with Crippen molar-refractivity contribution in [1.82, 2.24) is 10.3 Å². The fourth-order valence-corrected chi connectivity index (χ4v) is 2.20. The van der Waals surface area contributed by atoms with Gasteiger partial charge >= 0.3 is 5.97 Å². The fourth-order valence-electron chi connectivity index (χ4n) is 2.20. The Kier molecular flexibility index (Phi) is 3.19. The largest absolute Gasteiger partial charge is 0.480 e. The number of aliphatic carboxylic acids is 1. The number of hydrogen-bond acceptors (Lipinski definition) is 3. The summed E-state index contributed by atoms with van der Waals surface area (Å²) in [6, 6.07) is 5.73. The second kappa shape index (κ2) is 4.61. The van der Waals surface area contributed by atoms with Crippen molar-refractivity contribution in [3.63, 3.8) is 0 Å². The van der Waals surface area contributed by atoms with E-state index < -0.39 is 11.5 Å². The van der Waals surface area contributed by atoms with Crippen molar-refractivity contribution in [2.24, 2.45) is 0 Å². The van der Waals surface area contributed by atoms with Crippen LogP contribution in [0.2, 0.25) is 0 Å². The lowest BCUT2D eigenvalue weighted by atomic mass is 9.91. The third-order valence-corrected chi connectivity index (χ3v) is 3.19. The van der Waals surface area contributed by atoms with Crippen LogP contribution in [0.5, 0.6) is 0 Å². The highest BCUT2D eigenvalue weighted by Crippen LogP contribution is 2.24. The maximum absolute atomic E-state index is 11.3. The first-order valence-corrected chi connectivity index (χ1v) is 5.61. The van der Waals surface area contributed by atoms with Crippen molar-refractivity contribution < 1.29 is 9.90 Å². The maximum Gasteiger partial charge on any atom is 0.323 e. The zero-order valence-electron chi connectivity index (χ0n) is 9.15. The zero-order valence-corrected chi connectivity index (χ0v) is 9.15. The summed E-state index contributed by atoms with van der Waals surface area (Å²) >= 11 is 0. The first-order chi connectivity index (χ1) is 7.73. The zero-order chi connectivity index (χ0) is 11.4. The van der Waals surface area contributed by atoms with Crippen molar-refractivity contribution in [3.05, 3.63) is 30.1 Å². The van der Waals surface area contributed by atoms with Gasteiger partial charge in [0.05, 0.1) is 0 Å². The van der Waals surface area contributed by atoms with Crippen molar-refractivity contribution in [2.45, 2.75) is 31.2 Å². The molecule has 2 rings (SSSR count). The topological polar surface area (TPSA) is 62.2 Å². The van der Waals surface area contributed by atoms with Gasteiger partial charge in [-0.15, -0.1) is 0 Å². The van der Waals surface area contributed by atoms with Gasteiger partial charge in [0.1, 0.15) is 5.54 Å². The Hall–Kier alpha value is -1.42. The van der Waals surface area contributed by atoms with Gasteiger partial charge < -0.3 is 10.4 Å². The number of carboxylic acids is 1. The molecule has 0 bridgehead atoms. The molecule has 1 aliphatic rings. The standard InChI is InChI=1S/C12H16N2O2/c15-11(16)12(6-3-9-14-12)7-5-10-4-1-2-8-13-10/h1-2,4,8,14H,3,5-7,9H2,(H,15,16). The van der Waals surface area contributed by atoms with Crippen LogP contribution >= 0.6 is 0 Å². The molecule has 0 aromatic carbocycles. The Morgan fingerprint density at radius 1 is 1.56 bits per heavy atom. The van der Waals surface area contributed by atoms with Crippen molar-refractivity contribution >= 4 is 5.97 Å². The highest BCUT2D eigenvalue weighted by Gasteiger charge is 2.40. The van der Waals surface area contributed by atoms with E-state index in [1.807, 2.05) is 18.2 Å². The van der Waals surface area contributed by atoms with E-state index in [4.69, 9.17) is 0 Å². The number of nitrogens with zero attached hydrogens (tertiary/aromatic N) is 1. The van der Waals surface area contributed by atoms with Gasteiger partial charge in [-0.1, -0.05) is 6.07 Å². The van der Waals surface area contributed by atoms with Crippen LogP contribution in [-0.4, -0.2) is 28.1 Å². The summed E-state index contributed by atoms with van der Waals surface area (Å²) in [5, 5.41) is 12.4. The molecule has 1 atom stereocenters. The third kappa shape index (κ3) is 2.22. The fraction of sp³-hybridized carbons (Fsp3) is 0.500. The number of carboxylic acid groups (broad SMARTS) is 1. The SMILES string of the molecule is O=C(O)C1(CCc2ccccn2)CCCN1.